The number of rotatable bonds is 2. The van der Waals surface area contributed by atoms with Gasteiger partial charge in [0.2, 0.25) is 0 Å². The molecule has 0 unspecified atom stereocenters. The number of hydrogen-bond donors (Lipinski definition) is 3. The molecule has 2 atom stereocenters. The van der Waals surface area contributed by atoms with Crippen molar-refractivity contribution in [2.75, 3.05) is 13.2 Å². The zero-order chi connectivity index (χ0) is 11.6. The molecule has 1 aliphatic rings. The Morgan fingerprint density at radius 3 is 2.47 bits per heavy atom. The van der Waals surface area contributed by atoms with Crippen molar-refractivity contribution in [1.29, 1.82) is 0 Å². The molecule has 0 aliphatic carbocycles. The van der Waals surface area contributed by atoms with Crippen molar-refractivity contribution >= 4 is 6.09 Å². The molecule has 15 heavy (non-hydrogen) atoms. The predicted molar refractivity (Wildman–Crippen MR) is 56.9 cm³/mol. The van der Waals surface area contributed by atoms with Gasteiger partial charge in [0.15, 0.2) is 0 Å². The zero-order valence-corrected chi connectivity index (χ0v) is 9.53. The number of carbonyl (C=O) groups is 1. The number of hydrogen-bond acceptors (Lipinski definition) is 3. The topological polar surface area (TPSA) is 72.8 Å². The van der Waals surface area contributed by atoms with Crippen LogP contribution < -0.4 is 5.32 Å². The fraction of sp³-hybridized carbons (Fsp3) is 0.900. The van der Waals surface area contributed by atoms with Crippen molar-refractivity contribution in [2.24, 2.45) is 0 Å². The van der Waals surface area contributed by atoms with Gasteiger partial charge in [-0.3, -0.25) is 4.90 Å². The summed E-state index contributed by atoms with van der Waals surface area (Å²) >= 11 is 0. The molecule has 1 amide bonds. The lowest BCUT2D eigenvalue weighted by Gasteiger charge is -2.36. The highest BCUT2D eigenvalue weighted by atomic mass is 16.4. The van der Waals surface area contributed by atoms with Gasteiger partial charge in [0, 0.05) is 24.2 Å². The van der Waals surface area contributed by atoms with E-state index in [2.05, 4.69) is 31.0 Å². The van der Waals surface area contributed by atoms with E-state index >= 15 is 0 Å². The maximum Gasteiger partial charge on any atom is 0.404 e. The Kier molecular flexibility index (Phi) is 3.57. The molecule has 5 nitrogen and oxygen atoms in total. The van der Waals surface area contributed by atoms with Gasteiger partial charge >= 0.3 is 6.09 Å². The first-order valence-corrected chi connectivity index (χ1v) is 5.21. The molecule has 0 saturated carbocycles. The van der Waals surface area contributed by atoms with Crippen LogP contribution in [0.4, 0.5) is 4.79 Å². The molecule has 1 rings (SSSR count). The van der Waals surface area contributed by atoms with E-state index in [9.17, 15) is 9.90 Å². The molecule has 5 heteroatoms. The molecular formula is C10H20N2O3. The maximum absolute atomic E-state index is 10.5. The van der Waals surface area contributed by atoms with Crippen LogP contribution in [0.1, 0.15) is 27.2 Å². The quantitative estimate of drug-likeness (QED) is 0.628. The number of amides is 1. The number of aliphatic hydroxyl groups excluding tert-OH is 1. The number of aliphatic hydroxyl groups is 1. The first kappa shape index (κ1) is 12.3. The Hall–Kier alpha value is -0.810. The summed E-state index contributed by atoms with van der Waals surface area (Å²) in [4.78, 5) is 12.7. The number of carboxylic acid groups (broad SMARTS) is 1. The van der Waals surface area contributed by atoms with E-state index in [4.69, 9.17) is 5.11 Å². The first-order valence-electron chi connectivity index (χ1n) is 5.21. The molecule has 1 saturated heterocycles. The summed E-state index contributed by atoms with van der Waals surface area (Å²) in [7, 11) is 0. The second kappa shape index (κ2) is 4.37. The molecule has 0 radical (unpaired) electrons. The summed E-state index contributed by atoms with van der Waals surface area (Å²) in [5, 5.41) is 20.3. The standard InChI is InChI=1S/C10H20N2O3/c1-10(2,3)12-5-7(11-9(14)15)4-8(12)6-13/h7-8,11,13H,4-6H2,1-3H3,(H,14,15)/t7-,8+/m1/s1. The Labute approximate surface area is 90.1 Å². The average molecular weight is 216 g/mol. The Morgan fingerprint density at radius 1 is 1.53 bits per heavy atom. The van der Waals surface area contributed by atoms with Gasteiger partial charge < -0.3 is 15.5 Å². The van der Waals surface area contributed by atoms with Gasteiger partial charge in [-0.25, -0.2) is 4.79 Å². The monoisotopic (exact) mass is 216 g/mol. The van der Waals surface area contributed by atoms with Crippen molar-refractivity contribution in [2.45, 2.75) is 44.8 Å². The van der Waals surface area contributed by atoms with Crippen LogP contribution in [-0.2, 0) is 0 Å². The highest BCUT2D eigenvalue weighted by molar-refractivity contribution is 5.64. The lowest BCUT2D eigenvalue weighted by molar-refractivity contribution is 0.0797. The normalized spacial score (nSPS) is 28.0. The Morgan fingerprint density at radius 2 is 2.13 bits per heavy atom. The van der Waals surface area contributed by atoms with E-state index in [1.54, 1.807) is 0 Å². The number of nitrogens with one attached hydrogen (secondary N) is 1. The third-order valence-electron chi connectivity index (χ3n) is 2.81. The van der Waals surface area contributed by atoms with Crippen molar-refractivity contribution in [1.82, 2.24) is 10.2 Å². The highest BCUT2D eigenvalue weighted by Crippen LogP contribution is 2.26. The Balaban J connectivity index is 2.63. The largest absolute Gasteiger partial charge is 0.465 e. The molecule has 0 aromatic rings. The van der Waals surface area contributed by atoms with Gasteiger partial charge in [0.1, 0.15) is 0 Å². The third kappa shape index (κ3) is 3.07. The van der Waals surface area contributed by atoms with Crippen LogP contribution in [0.2, 0.25) is 0 Å². The smallest absolute Gasteiger partial charge is 0.404 e. The average Bonchev–Trinajstić information content (AvgIpc) is 2.45. The third-order valence-corrected chi connectivity index (χ3v) is 2.81. The van der Waals surface area contributed by atoms with E-state index in [1.165, 1.54) is 0 Å². The van der Waals surface area contributed by atoms with Crippen LogP contribution >= 0.6 is 0 Å². The minimum Gasteiger partial charge on any atom is -0.465 e. The lowest BCUT2D eigenvalue weighted by Crippen LogP contribution is -2.47. The van der Waals surface area contributed by atoms with Gasteiger partial charge in [0.05, 0.1) is 6.61 Å². The fourth-order valence-corrected chi connectivity index (χ4v) is 2.19. The SMILES string of the molecule is CC(C)(C)N1C[C@H](NC(=O)O)C[C@H]1CO. The summed E-state index contributed by atoms with van der Waals surface area (Å²) in [6.45, 7) is 6.95. The van der Waals surface area contributed by atoms with E-state index in [0.717, 1.165) is 0 Å². The molecule has 0 bridgehead atoms. The number of likely N-dealkylation sites (tertiary alicyclic amines) is 1. The number of nitrogens with zero attached hydrogens (tertiary/aromatic N) is 1. The molecule has 0 aromatic heterocycles. The van der Waals surface area contributed by atoms with Gasteiger partial charge in [0.25, 0.3) is 0 Å². The van der Waals surface area contributed by atoms with Crippen LogP contribution in [0.5, 0.6) is 0 Å². The van der Waals surface area contributed by atoms with Crippen LogP contribution in [0.25, 0.3) is 0 Å². The maximum atomic E-state index is 10.5. The van der Waals surface area contributed by atoms with Crippen molar-refractivity contribution in [3.63, 3.8) is 0 Å². The van der Waals surface area contributed by atoms with Crippen LogP contribution in [0.3, 0.4) is 0 Å². The van der Waals surface area contributed by atoms with E-state index in [0.29, 0.717) is 13.0 Å². The highest BCUT2D eigenvalue weighted by Gasteiger charge is 2.38. The summed E-state index contributed by atoms with van der Waals surface area (Å²) in [5.41, 5.74) is -0.0394. The molecular weight excluding hydrogens is 196 g/mol. The van der Waals surface area contributed by atoms with Crippen LogP contribution in [-0.4, -0.2) is 52.0 Å². The zero-order valence-electron chi connectivity index (χ0n) is 9.53. The Bertz CT molecular complexity index is 237. The van der Waals surface area contributed by atoms with E-state index < -0.39 is 6.09 Å². The van der Waals surface area contributed by atoms with Crippen molar-refractivity contribution in [3.8, 4) is 0 Å². The minimum atomic E-state index is -0.993. The first-order chi connectivity index (χ1) is 6.84. The lowest BCUT2D eigenvalue weighted by atomic mass is 10.1. The summed E-state index contributed by atoms with van der Waals surface area (Å²) in [6.07, 6.45) is -0.312. The van der Waals surface area contributed by atoms with Gasteiger partial charge in [-0.2, -0.15) is 0 Å². The molecule has 1 aliphatic heterocycles. The molecule has 88 valence electrons. The predicted octanol–water partition coefficient (Wildman–Crippen LogP) is 0.488. The minimum absolute atomic E-state index is 0.0394. The van der Waals surface area contributed by atoms with Crippen LogP contribution in [0, 0.1) is 0 Å². The van der Waals surface area contributed by atoms with Gasteiger partial charge in [-0.15, -0.1) is 0 Å². The molecule has 1 heterocycles. The van der Waals surface area contributed by atoms with Crippen LogP contribution in [0.15, 0.2) is 0 Å². The summed E-state index contributed by atoms with van der Waals surface area (Å²) < 4.78 is 0. The summed E-state index contributed by atoms with van der Waals surface area (Å²) in [6, 6.07) is -0.0132. The van der Waals surface area contributed by atoms with Gasteiger partial charge in [-0.1, -0.05) is 0 Å². The molecule has 1 fully saturated rings. The molecule has 0 aromatic carbocycles. The fourth-order valence-electron chi connectivity index (χ4n) is 2.19. The van der Waals surface area contributed by atoms with Gasteiger partial charge in [-0.05, 0) is 27.2 Å². The summed E-state index contributed by atoms with van der Waals surface area (Å²) in [5.74, 6) is 0. The molecule has 3 N–H and O–H groups in total. The molecule has 0 spiro atoms. The second-order valence-corrected chi connectivity index (χ2v) is 5.04. The van der Waals surface area contributed by atoms with E-state index in [1.807, 2.05) is 0 Å². The second-order valence-electron chi connectivity index (χ2n) is 5.04. The van der Waals surface area contributed by atoms with Crippen molar-refractivity contribution in [3.05, 3.63) is 0 Å². The van der Waals surface area contributed by atoms with Crippen molar-refractivity contribution < 1.29 is 15.0 Å². The van der Waals surface area contributed by atoms with E-state index in [-0.39, 0.29) is 24.2 Å².